The molecule has 0 saturated carbocycles. The number of para-hydroxylation sites is 1. The molecule has 0 aliphatic heterocycles. The van der Waals surface area contributed by atoms with Gasteiger partial charge in [0.2, 0.25) is 0 Å². The maximum atomic E-state index is 6.93. The monoisotopic (exact) mass is 663 g/mol. The third-order valence-corrected chi connectivity index (χ3v) is 10.3. The van der Waals surface area contributed by atoms with Crippen LogP contribution in [0.3, 0.4) is 0 Å². The van der Waals surface area contributed by atoms with Crippen molar-refractivity contribution in [2.75, 3.05) is 4.90 Å². The van der Waals surface area contributed by atoms with Crippen molar-refractivity contribution >= 4 is 60.5 Å². The minimum absolute atomic E-state index is 0.904. The summed E-state index contributed by atoms with van der Waals surface area (Å²) >= 11 is 0. The average molecular weight is 664 g/mol. The Morgan fingerprint density at radius 3 is 1.52 bits per heavy atom. The molecule has 9 aromatic carbocycles. The molecule has 1 aromatic heterocycles. The number of rotatable bonds is 6. The number of hydrogen-bond donors (Lipinski definition) is 0. The lowest BCUT2D eigenvalue weighted by molar-refractivity contribution is 0.674. The molecule has 0 atom stereocenters. The first-order valence-corrected chi connectivity index (χ1v) is 17.8. The van der Waals surface area contributed by atoms with Crippen molar-refractivity contribution in [2.24, 2.45) is 0 Å². The van der Waals surface area contributed by atoms with Gasteiger partial charge in [-0.25, -0.2) is 0 Å². The van der Waals surface area contributed by atoms with E-state index in [2.05, 4.69) is 205 Å². The van der Waals surface area contributed by atoms with Gasteiger partial charge in [-0.3, -0.25) is 0 Å². The summed E-state index contributed by atoms with van der Waals surface area (Å²) in [5.74, 6) is 0. The van der Waals surface area contributed by atoms with Gasteiger partial charge in [-0.05, 0) is 86.4 Å². The van der Waals surface area contributed by atoms with Gasteiger partial charge in [0.15, 0.2) is 0 Å². The number of nitrogens with zero attached hydrogens (tertiary/aromatic N) is 1. The van der Waals surface area contributed by atoms with Gasteiger partial charge in [0.1, 0.15) is 11.2 Å². The fourth-order valence-corrected chi connectivity index (χ4v) is 7.70. The fourth-order valence-electron chi connectivity index (χ4n) is 7.70. The second-order valence-corrected chi connectivity index (χ2v) is 13.3. The number of fused-ring (bicyclic) bond motifs is 7. The highest BCUT2D eigenvalue weighted by Gasteiger charge is 2.18. The highest BCUT2D eigenvalue weighted by atomic mass is 16.3. The quantitative estimate of drug-likeness (QED) is 0.165. The van der Waals surface area contributed by atoms with E-state index in [4.69, 9.17) is 4.42 Å². The average Bonchev–Trinajstić information content (AvgIpc) is 3.61. The van der Waals surface area contributed by atoms with Gasteiger partial charge in [0.05, 0.1) is 0 Å². The third kappa shape index (κ3) is 5.12. The van der Waals surface area contributed by atoms with Gasteiger partial charge in [0, 0.05) is 38.8 Å². The van der Waals surface area contributed by atoms with E-state index in [9.17, 15) is 0 Å². The summed E-state index contributed by atoms with van der Waals surface area (Å²) in [5.41, 5.74) is 12.0. The molecule has 0 N–H and O–H groups in total. The van der Waals surface area contributed by atoms with E-state index >= 15 is 0 Å². The maximum Gasteiger partial charge on any atom is 0.143 e. The molecular weight excluding hydrogens is 631 g/mol. The number of anilines is 3. The first kappa shape index (κ1) is 30.0. The Labute approximate surface area is 302 Å². The molecular formula is C50H33NO. The largest absolute Gasteiger partial charge is 0.455 e. The minimum atomic E-state index is 0.904. The smallest absolute Gasteiger partial charge is 0.143 e. The van der Waals surface area contributed by atoms with Crippen molar-refractivity contribution in [3.63, 3.8) is 0 Å². The fraction of sp³-hybridized carbons (Fsp3) is 0. The summed E-state index contributed by atoms with van der Waals surface area (Å²) < 4.78 is 6.93. The van der Waals surface area contributed by atoms with Crippen LogP contribution in [0.4, 0.5) is 17.1 Å². The third-order valence-electron chi connectivity index (χ3n) is 10.3. The summed E-state index contributed by atoms with van der Waals surface area (Å²) in [6.07, 6.45) is 0. The van der Waals surface area contributed by atoms with E-state index in [1.165, 1.54) is 38.4 Å². The first-order valence-electron chi connectivity index (χ1n) is 17.8. The molecule has 0 aliphatic rings. The molecule has 2 heteroatoms. The molecule has 10 aromatic rings. The molecule has 2 nitrogen and oxygen atoms in total. The molecule has 1 heterocycles. The van der Waals surface area contributed by atoms with Gasteiger partial charge < -0.3 is 9.32 Å². The van der Waals surface area contributed by atoms with E-state index in [1.807, 2.05) is 0 Å². The molecule has 0 unspecified atom stereocenters. The van der Waals surface area contributed by atoms with Crippen molar-refractivity contribution in [2.45, 2.75) is 0 Å². The highest BCUT2D eigenvalue weighted by molar-refractivity contribution is 6.24. The molecule has 0 saturated heterocycles. The second kappa shape index (κ2) is 12.5. The van der Waals surface area contributed by atoms with Crippen molar-refractivity contribution in [3.05, 3.63) is 200 Å². The zero-order chi connectivity index (χ0) is 34.4. The Bertz CT molecular complexity index is 2790. The standard InChI is InChI=1S/C50H33NO/c1-3-11-34(12-4-1)36-23-28-41(29-24-36)51(42-30-25-37(26-31-42)35-13-5-2-6-14-35)43-17-9-16-40(33-43)45-19-10-20-46-47-32-27-39-22-21-38-15-7-8-18-44(38)48(39)50(47)52-49(45)46/h1-33H. The van der Waals surface area contributed by atoms with Crippen LogP contribution in [-0.2, 0) is 0 Å². The summed E-state index contributed by atoms with van der Waals surface area (Å²) in [4.78, 5) is 2.34. The Hall–Kier alpha value is -6.90. The maximum absolute atomic E-state index is 6.93. The first-order chi connectivity index (χ1) is 25.8. The van der Waals surface area contributed by atoms with Crippen LogP contribution in [0.15, 0.2) is 205 Å². The Morgan fingerprint density at radius 2 is 0.827 bits per heavy atom. The predicted molar refractivity (Wildman–Crippen MR) is 220 cm³/mol. The number of benzene rings is 9. The Kier molecular flexibility index (Phi) is 7.18. The molecule has 0 radical (unpaired) electrons. The van der Waals surface area contributed by atoms with Crippen LogP contribution in [0, 0.1) is 0 Å². The molecule has 0 spiro atoms. The SMILES string of the molecule is c1ccc(-c2ccc(N(c3ccc(-c4ccccc4)cc3)c3cccc(-c4cccc5c4oc4c5ccc5ccc6ccccc6c54)c3)cc2)cc1. The predicted octanol–water partition coefficient (Wildman–Crippen LogP) is 14.4. The van der Waals surface area contributed by atoms with Gasteiger partial charge in [-0.2, -0.15) is 0 Å². The van der Waals surface area contributed by atoms with E-state index < -0.39 is 0 Å². The van der Waals surface area contributed by atoms with Crippen LogP contribution in [0.25, 0.3) is 76.9 Å². The van der Waals surface area contributed by atoms with Gasteiger partial charge >= 0.3 is 0 Å². The normalized spacial score (nSPS) is 11.5. The van der Waals surface area contributed by atoms with Gasteiger partial charge in [-0.15, -0.1) is 0 Å². The Balaban J connectivity index is 1.12. The van der Waals surface area contributed by atoms with Crippen LogP contribution in [0.1, 0.15) is 0 Å². The van der Waals surface area contributed by atoms with Crippen molar-refractivity contribution in [3.8, 4) is 33.4 Å². The van der Waals surface area contributed by atoms with Crippen LogP contribution in [0.5, 0.6) is 0 Å². The zero-order valence-electron chi connectivity index (χ0n) is 28.4. The van der Waals surface area contributed by atoms with E-state index in [1.54, 1.807) is 0 Å². The van der Waals surface area contributed by atoms with Crippen LogP contribution >= 0.6 is 0 Å². The zero-order valence-corrected chi connectivity index (χ0v) is 28.4. The minimum Gasteiger partial charge on any atom is -0.455 e. The number of furan rings is 1. The molecule has 244 valence electrons. The summed E-state index contributed by atoms with van der Waals surface area (Å²) in [6.45, 7) is 0. The lowest BCUT2D eigenvalue weighted by Crippen LogP contribution is -2.10. The topological polar surface area (TPSA) is 16.4 Å². The van der Waals surface area contributed by atoms with E-state index in [0.717, 1.165) is 55.5 Å². The molecule has 52 heavy (non-hydrogen) atoms. The summed E-state index contributed by atoms with van der Waals surface area (Å²) in [7, 11) is 0. The highest BCUT2D eigenvalue weighted by Crippen LogP contribution is 2.43. The van der Waals surface area contributed by atoms with Crippen LogP contribution in [-0.4, -0.2) is 0 Å². The van der Waals surface area contributed by atoms with Crippen LogP contribution < -0.4 is 4.90 Å². The Morgan fingerprint density at radius 1 is 0.308 bits per heavy atom. The van der Waals surface area contributed by atoms with Crippen molar-refractivity contribution in [1.29, 1.82) is 0 Å². The molecule has 0 bridgehead atoms. The molecule has 0 fully saturated rings. The lowest BCUT2D eigenvalue weighted by atomic mass is 9.98. The van der Waals surface area contributed by atoms with Crippen LogP contribution in [0.2, 0.25) is 0 Å². The molecule has 0 amide bonds. The van der Waals surface area contributed by atoms with Gasteiger partial charge in [0.25, 0.3) is 0 Å². The van der Waals surface area contributed by atoms with Crippen molar-refractivity contribution in [1.82, 2.24) is 0 Å². The lowest BCUT2D eigenvalue weighted by Gasteiger charge is -2.26. The molecule has 0 aliphatic carbocycles. The van der Waals surface area contributed by atoms with E-state index in [-0.39, 0.29) is 0 Å². The molecule has 10 rings (SSSR count). The summed E-state index contributed by atoms with van der Waals surface area (Å²) in [5, 5.41) is 7.02. The number of hydrogen-bond acceptors (Lipinski definition) is 2. The second-order valence-electron chi connectivity index (χ2n) is 13.3. The van der Waals surface area contributed by atoms with Gasteiger partial charge in [-0.1, -0.05) is 158 Å². The van der Waals surface area contributed by atoms with Crippen molar-refractivity contribution < 1.29 is 4.42 Å². The summed E-state index contributed by atoms with van der Waals surface area (Å²) in [6, 6.07) is 71.5. The van der Waals surface area contributed by atoms with E-state index in [0.29, 0.717) is 0 Å².